The predicted octanol–water partition coefficient (Wildman–Crippen LogP) is 3.48. The molecule has 1 aromatic carbocycles. The molecule has 39 heavy (non-hydrogen) atoms. The number of aliphatic hydroxyl groups is 1. The van der Waals surface area contributed by atoms with E-state index in [2.05, 4.69) is 33.5 Å². The lowest BCUT2D eigenvalue weighted by molar-refractivity contribution is -0.146. The molecule has 3 fully saturated rings. The van der Waals surface area contributed by atoms with Crippen molar-refractivity contribution >= 4 is 39.3 Å². The molecular formula is C29H42BrN3O6. The van der Waals surface area contributed by atoms with E-state index in [0.29, 0.717) is 24.5 Å². The first kappa shape index (κ1) is 29.8. The summed E-state index contributed by atoms with van der Waals surface area (Å²) in [5.74, 6) is -1.87. The topological polar surface area (TPSA) is 117 Å². The summed E-state index contributed by atoms with van der Waals surface area (Å²) in [7, 11) is 0. The number of carbonyl (C=O) groups excluding carboxylic acids is 3. The van der Waals surface area contributed by atoms with E-state index >= 15 is 0 Å². The van der Waals surface area contributed by atoms with Gasteiger partial charge in [0.2, 0.25) is 17.7 Å². The third-order valence-electron chi connectivity index (χ3n) is 8.67. The summed E-state index contributed by atoms with van der Waals surface area (Å²) >= 11 is 3.70. The van der Waals surface area contributed by atoms with Crippen molar-refractivity contribution in [1.82, 2.24) is 10.2 Å². The van der Waals surface area contributed by atoms with Gasteiger partial charge in [-0.1, -0.05) is 49.5 Å². The van der Waals surface area contributed by atoms with Gasteiger partial charge >= 0.3 is 0 Å². The Morgan fingerprint density at radius 1 is 1.21 bits per heavy atom. The Morgan fingerprint density at radius 3 is 2.49 bits per heavy atom. The summed E-state index contributed by atoms with van der Waals surface area (Å²) in [5.41, 5.74) is -0.572. The number of carbonyl (C=O) groups is 3. The average molecular weight is 609 g/mol. The third kappa shape index (κ3) is 5.32. The minimum absolute atomic E-state index is 0.0503. The zero-order valence-corrected chi connectivity index (χ0v) is 25.1. The molecule has 3 heterocycles. The SMILES string of the molecule is CCCC(C)NC(=O)C1N([C@@H](CO)[C@@H](C)CC)C(=O)[C@@H]2[C@H](C(=O)Nc3ccc(OCC)cc3)[C@H]3OC12CC3Br. The highest BCUT2D eigenvalue weighted by Crippen LogP contribution is 2.60. The van der Waals surface area contributed by atoms with E-state index in [-0.39, 0.29) is 41.1 Å². The van der Waals surface area contributed by atoms with E-state index < -0.39 is 35.6 Å². The van der Waals surface area contributed by atoms with E-state index in [4.69, 9.17) is 9.47 Å². The van der Waals surface area contributed by atoms with Gasteiger partial charge in [-0.15, -0.1) is 0 Å². The number of rotatable bonds is 12. The van der Waals surface area contributed by atoms with Crippen LogP contribution in [0.2, 0.25) is 0 Å². The molecule has 4 unspecified atom stereocenters. The van der Waals surface area contributed by atoms with E-state index in [1.165, 1.54) is 0 Å². The lowest BCUT2D eigenvalue weighted by Gasteiger charge is -2.39. The summed E-state index contributed by atoms with van der Waals surface area (Å²) < 4.78 is 12.1. The van der Waals surface area contributed by atoms with Gasteiger partial charge in [-0.3, -0.25) is 14.4 Å². The molecular weight excluding hydrogens is 566 g/mol. The van der Waals surface area contributed by atoms with Gasteiger partial charge in [-0.05, 0) is 56.9 Å². The lowest BCUT2D eigenvalue weighted by Crippen LogP contribution is -2.60. The second-order valence-electron chi connectivity index (χ2n) is 11.2. The molecule has 1 spiro atoms. The molecule has 9 nitrogen and oxygen atoms in total. The van der Waals surface area contributed by atoms with Crippen LogP contribution >= 0.6 is 15.9 Å². The maximum atomic E-state index is 14.3. The lowest BCUT2D eigenvalue weighted by atomic mass is 9.70. The van der Waals surface area contributed by atoms with Crippen molar-refractivity contribution in [1.29, 1.82) is 0 Å². The number of fused-ring (bicyclic) bond motifs is 1. The molecule has 2 bridgehead atoms. The minimum Gasteiger partial charge on any atom is -0.494 e. The van der Waals surface area contributed by atoms with Crippen LogP contribution in [0.5, 0.6) is 5.75 Å². The number of benzene rings is 1. The van der Waals surface area contributed by atoms with Crippen LogP contribution < -0.4 is 15.4 Å². The average Bonchev–Trinajstić information content (AvgIpc) is 3.49. The zero-order valence-electron chi connectivity index (χ0n) is 23.5. The number of aliphatic hydroxyl groups excluding tert-OH is 1. The molecule has 0 aliphatic carbocycles. The highest BCUT2D eigenvalue weighted by atomic mass is 79.9. The van der Waals surface area contributed by atoms with Gasteiger partial charge in [-0.2, -0.15) is 0 Å². The van der Waals surface area contributed by atoms with Gasteiger partial charge in [0.15, 0.2) is 0 Å². The first-order valence-corrected chi connectivity index (χ1v) is 15.1. The highest BCUT2D eigenvalue weighted by molar-refractivity contribution is 9.09. The molecule has 0 radical (unpaired) electrons. The Kier molecular flexibility index (Phi) is 9.28. The molecule has 1 aromatic rings. The summed E-state index contributed by atoms with van der Waals surface area (Å²) in [4.78, 5) is 43.3. The van der Waals surface area contributed by atoms with Crippen molar-refractivity contribution < 1.29 is 29.0 Å². The summed E-state index contributed by atoms with van der Waals surface area (Å²) in [6.45, 7) is 10.1. The Balaban J connectivity index is 1.69. The fourth-order valence-electron chi connectivity index (χ4n) is 6.69. The number of alkyl halides is 1. The number of halogens is 1. The van der Waals surface area contributed by atoms with Crippen molar-refractivity contribution in [3.63, 3.8) is 0 Å². The van der Waals surface area contributed by atoms with Crippen LogP contribution in [0.15, 0.2) is 24.3 Å². The molecule has 9 atom stereocenters. The summed E-state index contributed by atoms with van der Waals surface area (Å²) in [5, 5.41) is 16.5. The van der Waals surface area contributed by atoms with Crippen LogP contribution in [0, 0.1) is 17.8 Å². The molecule has 216 valence electrons. The first-order valence-electron chi connectivity index (χ1n) is 14.2. The number of nitrogens with one attached hydrogen (secondary N) is 2. The zero-order chi connectivity index (χ0) is 28.5. The van der Waals surface area contributed by atoms with Crippen LogP contribution in [-0.4, -0.2) is 75.6 Å². The Labute approximate surface area is 239 Å². The van der Waals surface area contributed by atoms with Gasteiger partial charge in [0.05, 0.1) is 37.2 Å². The third-order valence-corrected chi connectivity index (χ3v) is 9.51. The molecule has 3 amide bonds. The van der Waals surface area contributed by atoms with Crippen LogP contribution in [0.1, 0.15) is 60.3 Å². The van der Waals surface area contributed by atoms with Gasteiger partial charge < -0.3 is 30.1 Å². The summed E-state index contributed by atoms with van der Waals surface area (Å²) in [6.07, 6.45) is 2.30. The van der Waals surface area contributed by atoms with Gasteiger partial charge in [-0.25, -0.2) is 0 Å². The molecule has 0 saturated carbocycles. The van der Waals surface area contributed by atoms with Crippen LogP contribution in [0.4, 0.5) is 5.69 Å². The van der Waals surface area contributed by atoms with E-state index in [1.807, 2.05) is 27.7 Å². The van der Waals surface area contributed by atoms with Crippen molar-refractivity contribution in [2.75, 3.05) is 18.5 Å². The standard InChI is InChI=1S/C29H42BrN3O6/c1-6-9-17(5)31-27(36)25-29-14-20(30)24(39-29)22(23(29)28(37)33(25)21(15-34)16(4)7-2)26(35)32-18-10-12-19(13-11-18)38-8-3/h10-13,16-17,20-25,34H,6-9,14-15H2,1-5H3,(H,31,36)(H,32,35)/t16-,17?,20?,21-,22-,23-,24-,25?,29?/m0/s1. The molecule has 3 aliphatic heterocycles. The molecule has 3 N–H and O–H groups in total. The number of amides is 3. The predicted molar refractivity (Wildman–Crippen MR) is 152 cm³/mol. The van der Waals surface area contributed by atoms with E-state index in [0.717, 1.165) is 19.3 Å². The van der Waals surface area contributed by atoms with Crippen molar-refractivity contribution in [3.8, 4) is 5.75 Å². The maximum Gasteiger partial charge on any atom is 0.246 e. The summed E-state index contributed by atoms with van der Waals surface area (Å²) in [6, 6.07) is 5.50. The fraction of sp³-hybridized carbons (Fsp3) is 0.690. The van der Waals surface area contributed by atoms with E-state index in [9.17, 15) is 19.5 Å². The monoisotopic (exact) mass is 607 g/mol. The normalized spacial score (nSPS) is 31.5. The quantitative estimate of drug-likeness (QED) is 0.313. The highest BCUT2D eigenvalue weighted by Gasteiger charge is 2.77. The van der Waals surface area contributed by atoms with Gasteiger partial charge in [0, 0.05) is 16.6 Å². The van der Waals surface area contributed by atoms with Crippen LogP contribution in [-0.2, 0) is 19.1 Å². The smallest absolute Gasteiger partial charge is 0.246 e. The first-order chi connectivity index (χ1) is 18.6. The largest absolute Gasteiger partial charge is 0.494 e. The maximum absolute atomic E-state index is 14.3. The molecule has 3 aliphatic rings. The molecule has 4 rings (SSSR count). The molecule has 10 heteroatoms. The minimum atomic E-state index is -1.16. The van der Waals surface area contributed by atoms with Crippen LogP contribution in [0.25, 0.3) is 0 Å². The second kappa shape index (κ2) is 12.1. The number of nitrogens with zero attached hydrogens (tertiary/aromatic N) is 1. The van der Waals surface area contributed by atoms with Crippen molar-refractivity contribution in [3.05, 3.63) is 24.3 Å². The second-order valence-corrected chi connectivity index (χ2v) is 12.4. The van der Waals surface area contributed by atoms with Gasteiger partial charge in [0.1, 0.15) is 17.4 Å². The van der Waals surface area contributed by atoms with E-state index in [1.54, 1.807) is 29.2 Å². The molecule has 3 saturated heterocycles. The number of hydrogen-bond acceptors (Lipinski definition) is 6. The van der Waals surface area contributed by atoms with Crippen LogP contribution in [0.3, 0.4) is 0 Å². The van der Waals surface area contributed by atoms with Gasteiger partial charge in [0.25, 0.3) is 0 Å². The number of ether oxygens (including phenoxy) is 2. The number of likely N-dealkylation sites (tertiary alicyclic amines) is 1. The molecule has 0 aromatic heterocycles. The van der Waals surface area contributed by atoms with Crippen molar-refractivity contribution in [2.45, 2.75) is 95.0 Å². The Bertz CT molecular complexity index is 1050. The number of anilines is 1. The Hall–Kier alpha value is -2.17. The number of hydrogen-bond donors (Lipinski definition) is 3. The van der Waals surface area contributed by atoms with Crippen molar-refractivity contribution in [2.24, 2.45) is 17.8 Å². The fourth-order valence-corrected chi connectivity index (χ4v) is 7.63. The Morgan fingerprint density at radius 2 is 1.90 bits per heavy atom.